The van der Waals surface area contributed by atoms with E-state index in [9.17, 15) is 0 Å². The third-order valence-electron chi connectivity index (χ3n) is 1.58. The summed E-state index contributed by atoms with van der Waals surface area (Å²) in [5, 5.41) is 0.961. The topological polar surface area (TPSA) is 51.8 Å². The molecular weight excluding hydrogens is 138 g/mol. The third-order valence-corrected chi connectivity index (χ3v) is 1.58. The zero-order valence-corrected chi connectivity index (χ0v) is 5.86. The molecular formula is C8H7N3. The molecule has 0 aliphatic carbocycles. The molecule has 0 amide bonds. The Labute approximate surface area is 63.9 Å². The van der Waals surface area contributed by atoms with E-state index >= 15 is 0 Å². The Morgan fingerprint density at radius 3 is 2.91 bits per heavy atom. The van der Waals surface area contributed by atoms with Gasteiger partial charge in [-0.1, -0.05) is 0 Å². The molecule has 2 N–H and O–H groups in total. The first-order valence-corrected chi connectivity index (χ1v) is 3.32. The molecule has 0 unspecified atom stereocenters. The van der Waals surface area contributed by atoms with Gasteiger partial charge < -0.3 is 5.73 Å². The first kappa shape index (κ1) is 6.09. The van der Waals surface area contributed by atoms with E-state index in [1.807, 2.05) is 6.07 Å². The Hall–Kier alpha value is -1.64. The maximum Gasteiger partial charge on any atom is 0.0905 e. The second-order valence-corrected chi connectivity index (χ2v) is 2.29. The first-order valence-electron chi connectivity index (χ1n) is 3.32. The molecule has 3 nitrogen and oxygen atoms in total. The largest absolute Gasteiger partial charge is 0.398 e. The van der Waals surface area contributed by atoms with Crippen LogP contribution in [-0.2, 0) is 0 Å². The highest BCUT2D eigenvalue weighted by Crippen LogP contribution is 2.15. The Kier molecular flexibility index (Phi) is 1.22. The summed E-state index contributed by atoms with van der Waals surface area (Å²) in [6, 6.07) is 3.64. The van der Waals surface area contributed by atoms with Crippen molar-refractivity contribution in [3.05, 3.63) is 30.7 Å². The van der Waals surface area contributed by atoms with E-state index in [1.54, 1.807) is 24.7 Å². The number of pyridine rings is 2. The highest BCUT2D eigenvalue weighted by molar-refractivity contribution is 5.88. The van der Waals surface area contributed by atoms with Crippen LogP contribution in [0.15, 0.2) is 30.7 Å². The van der Waals surface area contributed by atoms with E-state index in [0.717, 1.165) is 16.6 Å². The summed E-state index contributed by atoms with van der Waals surface area (Å²) in [6.07, 6.45) is 5.09. The van der Waals surface area contributed by atoms with Gasteiger partial charge in [0.25, 0.3) is 0 Å². The van der Waals surface area contributed by atoms with Gasteiger partial charge in [0.2, 0.25) is 0 Å². The van der Waals surface area contributed by atoms with Gasteiger partial charge in [0, 0.05) is 23.5 Å². The van der Waals surface area contributed by atoms with Crippen LogP contribution in [0.1, 0.15) is 0 Å². The number of anilines is 1. The van der Waals surface area contributed by atoms with E-state index in [0.29, 0.717) is 0 Å². The van der Waals surface area contributed by atoms with Gasteiger partial charge in [-0.15, -0.1) is 0 Å². The fraction of sp³-hybridized carbons (Fsp3) is 0. The first-order chi connectivity index (χ1) is 5.38. The summed E-state index contributed by atoms with van der Waals surface area (Å²) < 4.78 is 0. The van der Waals surface area contributed by atoms with Crippen LogP contribution in [0.2, 0.25) is 0 Å². The summed E-state index contributed by atoms with van der Waals surface area (Å²) in [4.78, 5) is 8.04. The van der Waals surface area contributed by atoms with Gasteiger partial charge in [0.1, 0.15) is 0 Å². The standard InChI is InChI=1S/C8H7N3/c9-7-2-4-11-8-5-10-3-1-6(7)8/h1-5H,(H2,9,11). The molecule has 0 saturated heterocycles. The van der Waals surface area contributed by atoms with E-state index < -0.39 is 0 Å². The molecule has 0 atom stereocenters. The van der Waals surface area contributed by atoms with Crippen LogP contribution < -0.4 is 5.73 Å². The van der Waals surface area contributed by atoms with Gasteiger partial charge in [-0.25, -0.2) is 0 Å². The van der Waals surface area contributed by atoms with Crippen molar-refractivity contribution in [2.24, 2.45) is 0 Å². The molecule has 2 aromatic heterocycles. The number of fused-ring (bicyclic) bond motifs is 1. The van der Waals surface area contributed by atoms with Crippen LogP contribution in [-0.4, -0.2) is 9.97 Å². The minimum absolute atomic E-state index is 0.748. The lowest BCUT2D eigenvalue weighted by Gasteiger charge is -1.97. The van der Waals surface area contributed by atoms with Crippen LogP contribution in [0.5, 0.6) is 0 Å². The molecule has 0 aromatic carbocycles. The number of nitrogens with two attached hydrogens (primary N) is 1. The number of nitrogen functional groups attached to an aromatic ring is 1. The van der Waals surface area contributed by atoms with Gasteiger partial charge in [0.15, 0.2) is 0 Å². The molecule has 0 radical (unpaired) electrons. The van der Waals surface area contributed by atoms with E-state index in [4.69, 9.17) is 5.73 Å². The average molecular weight is 145 g/mol. The number of rotatable bonds is 0. The Balaban J connectivity index is 2.91. The molecule has 0 aliphatic heterocycles. The lowest BCUT2D eigenvalue weighted by atomic mass is 10.2. The molecule has 2 heterocycles. The van der Waals surface area contributed by atoms with E-state index in [-0.39, 0.29) is 0 Å². The average Bonchev–Trinajstić information content (AvgIpc) is 2.06. The highest BCUT2D eigenvalue weighted by atomic mass is 14.7. The van der Waals surface area contributed by atoms with Gasteiger partial charge in [-0.2, -0.15) is 0 Å². The van der Waals surface area contributed by atoms with Crippen LogP contribution in [0, 0.1) is 0 Å². The number of aromatic nitrogens is 2. The maximum absolute atomic E-state index is 5.69. The minimum atomic E-state index is 0.748. The van der Waals surface area contributed by atoms with Crippen molar-refractivity contribution in [1.82, 2.24) is 9.97 Å². The highest BCUT2D eigenvalue weighted by Gasteiger charge is 1.94. The van der Waals surface area contributed by atoms with Crippen molar-refractivity contribution in [3.63, 3.8) is 0 Å². The third kappa shape index (κ3) is 0.902. The molecule has 0 aliphatic rings. The summed E-state index contributed by atoms with van der Waals surface area (Å²) >= 11 is 0. The quantitative estimate of drug-likeness (QED) is 0.606. The van der Waals surface area contributed by atoms with Gasteiger partial charge in [-0.3, -0.25) is 9.97 Å². The molecule has 3 heteroatoms. The monoisotopic (exact) mass is 145 g/mol. The van der Waals surface area contributed by atoms with Gasteiger partial charge in [-0.05, 0) is 12.1 Å². The van der Waals surface area contributed by atoms with Crippen molar-refractivity contribution < 1.29 is 0 Å². The van der Waals surface area contributed by atoms with Gasteiger partial charge in [0.05, 0.1) is 11.7 Å². The van der Waals surface area contributed by atoms with Crippen molar-refractivity contribution in [2.45, 2.75) is 0 Å². The summed E-state index contributed by atoms with van der Waals surface area (Å²) in [6.45, 7) is 0. The fourth-order valence-corrected chi connectivity index (χ4v) is 1.02. The smallest absolute Gasteiger partial charge is 0.0905 e. The zero-order chi connectivity index (χ0) is 7.68. The van der Waals surface area contributed by atoms with E-state index in [2.05, 4.69) is 9.97 Å². The predicted octanol–water partition coefficient (Wildman–Crippen LogP) is 1.21. The minimum Gasteiger partial charge on any atom is -0.398 e. The Morgan fingerprint density at radius 2 is 2.09 bits per heavy atom. The maximum atomic E-state index is 5.69. The normalized spacial score (nSPS) is 10.2. The number of nitrogens with zero attached hydrogens (tertiary/aromatic N) is 2. The lowest BCUT2D eigenvalue weighted by molar-refractivity contribution is 1.31. The van der Waals surface area contributed by atoms with Crippen molar-refractivity contribution >= 4 is 16.6 Å². The van der Waals surface area contributed by atoms with Crippen LogP contribution in [0.3, 0.4) is 0 Å². The zero-order valence-electron chi connectivity index (χ0n) is 5.86. The van der Waals surface area contributed by atoms with Crippen molar-refractivity contribution in [2.75, 3.05) is 5.73 Å². The van der Waals surface area contributed by atoms with Crippen LogP contribution >= 0.6 is 0 Å². The van der Waals surface area contributed by atoms with Crippen molar-refractivity contribution in [3.8, 4) is 0 Å². The molecule has 2 rings (SSSR count). The fourth-order valence-electron chi connectivity index (χ4n) is 1.02. The lowest BCUT2D eigenvalue weighted by Crippen LogP contribution is -1.88. The SMILES string of the molecule is Nc1ccnc2cnccc12. The summed E-state index contributed by atoms with van der Waals surface area (Å²) in [5.74, 6) is 0. The number of hydrogen-bond donors (Lipinski definition) is 1. The number of hydrogen-bond acceptors (Lipinski definition) is 3. The van der Waals surface area contributed by atoms with E-state index in [1.165, 1.54) is 0 Å². The van der Waals surface area contributed by atoms with Crippen LogP contribution in [0.25, 0.3) is 10.9 Å². The second kappa shape index (κ2) is 2.20. The molecule has 0 spiro atoms. The molecule has 2 aromatic rings. The Bertz CT molecular complexity index is 378. The molecule has 0 fully saturated rings. The molecule has 54 valence electrons. The molecule has 0 saturated carbocycles. The summed E-state index contributed by atoms with van der Waals surface area (Å²) in [7, 11) is 0. The second-order valence-electron chi connectivity index (χ2n) is 2.29. The molecule has 11 heavy (non-hydrogen) atoms. The predicted molar refractivity (Wildman–Crippen MR) is 44.0 cm³/mol. The molecule has 0 bridgehead atoms. The Morgan fingerprint density at radius 1 is 1.18 bits per heavy atom. The van der Waals surface area contributed by atoms with Crippen molar-refractivity contribution in [1.29, 1.82) is 0 Å². The van der Waals surface area contributed by atoms with Crippen LogP contribution in [0.4, 0.5) is 5.69 Å². The summed E-state index contributed by atoms with van der Waals surface area (Å²) in [5.41, 5.74) is 7.28. The van der Waals surface area contributed by atoms with Gasteiger partial charge >= 0.3 is 0 Å².